The Bertz CT molecular complexity index is 476. The maximum Gasteiger partial charge on any atom is 0.117 e. The van der Waals surface area contributed by atoms with Crippen molar-refractivity contribution in [3.63, 3.8) is 0 Å². The van der Waals surface area contributed by atoms with Crippen molar-refractivity contribution in [1.29, 1.82) is 0 Å². The predicted molar refractivity (Wildman–Crippen MR) is 64.9 cm³/mol. The molecule has 80 valence electrons. The minimum Gasteiger partial charge on any atom is -0.245 e. The third-order valence-electron chi connectivity index (χ3n) is 2.60. The molecule has 0 saturated carbocycles. The summed E-state index contributed by atoms with van der Waals surface area (Å²) < 4.78 is 3.08. The Kier molecular flexibility index (Phi) is 3.05. The number of halogens is 1. The van der Waals surface area contributed by atoms with Crippen LogP contribution in [0, 0.1) is 6.92 Å². The van der Waals surface area contributed by atoms with Crippen LogP contribution in [0.2, 0.25) is 0 Å². The summed E-state index contributed by atoms with van der Waals surface area (Å²) in [7, 11) is 0. The summed E-state index contributed by atoms with van der Waals surface area (Å²) in [4.78, 5) is 0. The molecule has 0 aliphatic heterocycles. The van der Waals surface area contributed by atoms with Gasteiger partial charge in [0.25, 0.3) is 0 Å². The molecule has 0 aliphatic rings. The smallest absolute Gasteiger partial charge is 0.117 e. The van der Waals surface area contributed by atoms with Gasteiger partial charge in [0, 0.05) is 11.0 Å². The normalized spacial score (nSPS) is 11.1. The van der Waals surface area contributed by atoms with Gasteiger partial charge < -0.3 is 0 Å². The summed E-state index contributed by atoms with van der Waals surface area (Å²) in [5.41, 5.74) is 3.29. The van der Waals surface area contributed by atoms with Crippen LogP contribution in [0.4, 0.5) is 0 Å². The zero-order valence-corrected chi connectivity index (χ0v) is 10.6. The fraction of sp³-hybridized carbons (Fsp3) is 0.455. The average Bonchev–Trinajstić information content (AvgIpc) is 2.64. The standard InChI is InChI=1S/C11H14BrN3/c1-3-4-7-15-10-6-5-9(12)8(2)11(10)13-14-15/h5-6H,3-4,7H2,1-2H3. The Balaban J connectivity index is 2.47. The Hall–Kier alpha value is -0.900. The number of aromatic nitrogens is 3. The molecule has 1 heterocycles. The first kappa shape index (κ1) is 10.6. The molecule has 0 fully saturated rings. The maximum atomic E-state index is 4.21. The number of rotatable bonds is 3. The summed E-state index contributed by atoms with van der Waals surface area (Å²) >= 11 is 3.50. The van der Waals surface area contributed by atoms with E-state index >= 15 is 0 Å². The third-order valence-corrected chi connectivity index (χ3v) is 3.46. The average molecular weight is 268 g/mol. The van der Waals surface area contributed by atoms with E-state index in [1.807, 2.05) is 4.68 Å². The van der Waals surface area contributed by atoms with Crippen molar-refractivity contribution in [2.45, 2.75) is 33.2 Å². The van der Waals surface area contributed by atoms with Crippen molar-refractivity contribution in [2.24, 2.45) is 0 Å². The molecule has 0 amide bonds. The third kappa shape index (κ3) is 1.91. The fourth-order valence-electron chi connectivity index (χ4n) is 1.62. The van der Waals surface area contributed by atoms with Crippen LogP contribution in [0.1, 0.15) is 25.3 Å². The lowest BCUT2D eigenvalue weighted by molar-refractivity contribution is 0.567. The topological polar surface area (TPSA) is 30.7 Å². The molecule has 15 heavy (non-hydrogen) atoms. The lowest BCUT2D eigenvalue weighted by Crippen LogP contribution is -1.99. The van der Waals surface area contributed by atoms with E-state index in [1.54, 1.807) is 0 Å². The lowest BCUT2D eigenvalue weighted by Gasteiger charge is -2.01. The van der Waals surface area contributed by atoms with E-state index in [0.717, 1.165) is 34.0 Å². The fourth-order valence-corrected chi connectivity index (χ4v) is 1.94. The van der Waals surface area contributed by atoms with E-state index < -0.39 is 0 Å². The van der Waals surface area contributed by atoms with Crippen molar-refractivity contribution >= 4 is 27.0 Å². The predicted octanol–water partition coefficient (Wildman–Crippen LogP) is 3.30. The summed E-state index contributed by atoms with van der Waals surface area (Å²) in [5, 5.41) is 8.40. The SMILES string of the molecule is CCCCn1nnc2c(C)c(Br)ccc21. The van der Waals surface area contributed by atoms with Crippen LogP contribution in [0.3, 0.4) is 0 Å². The number of unbranched alkanes of at least 4 members (excludes halogenated alkanes) is 1. The summed E-state index contributed by atoms with van der Waals surface area (Å²) in [5.74, 6) is 0. The summed E-state index contributed by atoms with van der Waals surface area (Å²) in [6.45, 7) is 5.19. The van der Waals surface area contributed by atoms with Gasteiger partial charge in [0.1, 0.15) is 5.52 Å². The molecule has 0 aliphatic carbocycles. The molecule has 0 N–H and O–H groups in total. The molecular formula is C11H14BrN3. The van der Waals surface area contributed by atoms with Crippen LogP contribution in [-0.2, 0) is 6.54 Å². The summed E-state index contributed by atoms with van der Waals surface area (Å²) in [6.07, 6.45) is 2.32. The summed E-state index contributed by atoms with van der Waals surface area (Å²) in [6, 6.07) is 4.13. The first-order valence-corrected chi connectivity index (χ1v) is 6.01. The largest absolute Gasteiger partial charge is 0.245 e. The highest BCUT2D eigenvalue weighted by molar-refractivity contribution is 9.10. The molecule has 0 unspecified atom stereocenters. The molecule has 1 aromatic heterocycles. The van der Waals surface area contributed by atoms with Gasteiger partial charge in [-0.3, -0.25) is 0 Å². The minimum absolute atomic E-state index is 0.952. The van der Waals surface area contributed by atoms with E-state index in [1.165, 1.54) is 6.42 Å². The Morgan fingerprint density at radius 3 is 2.93 bits per heavy atom. The lowest BCUT2D eigenvalue weighted by atomic mass is 10.2. The van der Waals surface area contributed by atoms with Gasteiger partial charge in [-0.25, -0.2) is 4.68 Å². The highest BCUT2D eigenvalue weighted by Gasteiger charge is 2.08. The Morgan fingerprint density at radius 2 is 2.20 bits per heavy atom. The quantitative estimate of drug-likeness (QED) is 0.855. The van der Waals surface area contributed by atoms with Gasteiger partial charge in [0.15, 0.2) is 0 Å². The first-order chi connectivity index (χ1) is 7.24. The number of aryl methyl sites for hydroxylation is 2. The number of nitrogens with zero attached hydrogens (tertiary/aromatic N) is 3. The minimum atomic E-state index is 0.952. The molecule has 1 aromatic carbocycles. The van der Waals surface area contributed by atoms with Gasteiger partial charge >= 0.3 is 0 Å². The Morgan fingerprint density at radius 1 is 1.40 bits per heavy atom. The van der Waals surface area contributed by atoms with Crippen molar-refractivity contribution in [3.05, 3.63) is 22.2 Å². The van der Waals surface area contributed by atoms with Gasteiger partial charge in [0.2, 0.25) is 0 Å². The second-order valence-corrected chi connectivity index (χ2v) is 4.56. The van der Waals surface area contributed by atoms with Gasteiger partial charge in [-0.2, -0.15) is 0 Å². The van der Waals surface area contributed by atoms with Gasteiger partial charge in [-0.05, 0) is 31.0 Å². The number of fused-ring (bicyclic) bond motifs is 1. The van der Waals surface area contributed by atoms with Crippen molar-refractivity contribution < 1.29 is 0 Å². The van der Waals surface area contributed by atoms with Crippen LogP contribution < -0.4 is 0 Å². The van der Waals surface area contributed by atoms with Crippen LogP contribution in [0.25, 0.3) is 11.0 Å². The molecule has 2 rings (SSSR count). The molecule has 0 saturated heterocycles. The molecule has 0 atom stereocenters. The zero-order chi connectivity index (χ0) is 10.8. The zero-order valence-electron chi connectivity index (χ0n) is 9.00. The van der Waals surface area contributed by atoms with Crippen molar-refractivity contribution in [3.8, 4) is 0 Å². The Labute approximate surface area is 97.6 Å². The van der Waals surface area contributed by atoms with Crippen molar-refractivity contribution in [1.82, 2.24) is 15.0 Å². The van der Waals surface area contributed by atoms with Crippen LogP contribution in [0.15, 0.2) is 16.6 Å². The highest BCUT2D eigenvalue weighted by Crippen LogP contribution is 2.23. The van der Waals surface area contributed by atoms with Crippen LogP contribution in [0.5, 0.6) is 0 Å². The van der Waals surface area contributed by atoms with Gasteiger partial charge in [-0.1, -0.05) is 34.5 Å². The van der Waals surface area contributed by atoms with Gasteiger partial charge in [0.05, 0.1) is 5.52 Å². The second-order valence-electron chi connectivity index (χ2n) is 3.71. The van der Waals surface area contributed by atoms with E-state index in [9.17, 15) is 0 Å². The van der Waals surface area contributed by atoms with Gasteiger partial charge in [-0.15, -0.1) is 5.10 Å². The maximum absolute atomic E-state index is 4.21. The number of hydrogen-bond acceptors (Lipinski definition) is 2. The van der Waals surface area contributed by atoms with E-state index in [2.05, 4.69) is 52.2 Å². The second kappa shape index (κ2) is 4.31. The molecular weight excluding hydrogens is 254 g/mol. The first-order valence-electron chi connectivity index (χ1n) is 5.22. The molecule has 3 nitrogen and oxygen atoms in total. The van der Waals surface area contributed by atoms with E-state index in [-0.39, 0.29) is 0 Å². The monoisotopic (exact) mass is 267 g/mol. The molecule has 0 bridgehead atoms. The van der Waals surface area contributed by atoms with Crippen LogP contribution in [-0.4, -0.2) is 15.0 Å². The van der Waals surface area contributed by atoms with E-state index in [4.69, 9.17) is 0 Å². The molecule has 4 heteroatoms. The van der Waals surface area contributed by atoms with E-state index in [0.29, 0.717) is 0 Å². The van der Waals surface area contributed by atoms with Crippen LogP contribution >= 0.6 is 15.9 Å². The number of benzene rings is 1. The van der Waals surface area contributed by atoms with Crippen molar-refractivity contribution in [2.75, 3.05) is 0 Å². The molecule has 0 spiro atoms. The molecule has 2 aromatic rings. The number of hydrogen-bond donors (Lipinski definition) is 0. The molecule has 0 radical (unpaired) electrons. The highest BCUT2D eigenvalue weighted by atomic mass is 79.9.